The molecule has 1 aromatic carbocycles. The third-order valence-corrected chi connectivity index (χ3v) is 2.86. The number of benzene rings is 1. The molecule has 0 fully saturated rings. The molecule has 112 valence electrons. The van der Waals surface area contributed by atoms with Crippen molar-refractivity contribution < 1.29 is 4.52 Å². The molecule has 20 heavy (non-hydrogen) atoms. The number of nitrogens with zero attached hydrogens (tertiary/aromatic N) is 1. The van der Waals surface area contributed by atoms with Crippen molar-refractivity contribution in [2.24, 2.45) is 0 Å². The molecule has 0 aliphatic rings. The largest absolute Gasteiger partial charge is 0.350 e. The maximum absolute atomic E-state index is 5.20. The number of nitrogens with one attached hydrogen (secondary N) is 1. The first-order valence-corrected chi connectivity index (χ1v) is 7.39. The number of anilines is 1. The van der Waals surface area contributed by atoms with E-state index in [1.807, 2.05) is 53.7 Å². The molecule has 0 saturated carbocycles. The summed E-state index contributed by atoms with van der Waals surface area (Å²) in [4.78, 5) is 0. The normalized spacial score (nSPS) is 8.95. The Balaban J connectivity index is 0.000000829. The summed E-state index contributed by atoms with van der Waals surface area (Å²) in [5, 5.41) is 7.18. The van der Waals surface area contributed by atoms with Crippen LogP contribution in [0.2, 0.25) is 0 Å². The van der Waals surface area contributed by atoms with Gasteiger partial charge >= 0.3 is 0 Å². The Labute approximate surface area is 123 Å². The summed E-state index contributed by atoms with van der Waals surface area (Å²) in [7, 11) is 0. The first-order valence-electron chi connectivity index (χ1n) is 7.39. The SMILES string of the molecule is CC.CC.Cc1ccccc1CNc1onc(C)c1C. The van der Waals surface area contributed by atoms with Crippen LogP contribution in [0.3, 0.4) is 0 Å². The molecule has 2 aromatic rings. The van der Waals surface area contributed by atoms with Crippen LogP contribution in [-0.4, -0.2) is 5.16 Å². The first kappa shape index (κ1) is 18.2. The smallest absolute Gasteiger partial charge is 0.228 e. The van der Waals surface area contributed by atoms with Crippen LogP contribution < -0.4 is 5.32 Å². The lowest BCUT2D eigenvalue weighted by atomic mass is 10.1. The zero-order chi connectivity index (χ0) is 15.5. The van der Waals surface area contributed by atoms with E-state index in [1.165, 1.54) is 11.1 Å². The highest BCUT2D eigenvalue weighted by atomic mass is 16.5. The first-order chi connectivity index (χ1) is 9.68. The van der Waals surface area contributed by atoms with E-state index in [4.69, 9.17) is 4.52 Å². The van der Waals surface area contributed by atoms with Gasteiger partial charge in [0.15, 0.2) is 0 Å². The number of aromatic nitrogens is 1. The van der Waals surface area contributed by atoms with Gasteiger partial charge in [-0.2, -0.15) is 0 Å². The van der Waals surface area contributed by atoms with Crippen molar-refractivity contribution in [2.45, 2.75) is 55.0 Å². The molecule has 0 bridgehead atoms. The van der Waals surface area contributed by atoms with Crippen LogP contribution in [0.1, 0.15) is 50.1 Å². The fourth-order valence-electron chi connectivity index (χ4n) is 1.56. The summed E-state index contributed by atoms with van der Waals surface area (Å²) in [6.07, 6.45) is 0. The van der Waals surface area contributed by atoms with Crippen molar-refractivity contribution in [3.05, 3.63) is 46.6 Å². The van der Waals surface area contributed by atoms with Gasteiger partial charge in [-0.3, -0.25) is 0 Å². The average Bonchev–Trinajstić information content (AvgIpc) is 2.82. The van der Waals surface area contributed by atoms with Gasteiger partial charge in [0.2, 0.25) is 5.88 Å². The van der Waals surface area contributed by atoms with Crippen LogP contribution in [0.15, 0.2) is 28.8 Å². The van der Waals surface area contributed by atoms with Gasteiger partial charge < -0.3 is 9.84 Å². The Kier molecular flexibility index (Phi) is 9.18. The van der Waals surface area contributed by atoms with Gasteiger partial charge in [0.05, 0.1) is 5.69 Å². The Morgan fingerprint density at radius 2 is 1.60 bits per heavy atom. The second kappa shape index (κ2) is 10.1. The van der Waals surface area contributed by atoms with E-state index in [0.717, 1.165) is 23.7 Å². The van der Waals surface area contributed by atoms with E-state index < -0.39 is 0 Å². The minimum absolute atomic E-state index is 0.765. The van der Waals surface area contributed by atoms with Crippen LogP contribution in [0.4, 0.5) is 5.88 Å². The van der Waals surface area contributed by atoms with Gasteiger partial charge in [0.25, 0.3) is 0 Å². The van der Waals surface area contributed by atoms with Crippen molar-refractivity contribution in [2.75, 3.05) is 5.32 Å². The molecule has 0 radical (unpaired) electrons. The minimum atomic E-state index is 0.765. The molecule has 3 nitrogen and oxygen atoms in total. The third kappa shape index (κ3) is 5.08. The second-order valence-corrected chi connectivity index (χ2v) is 4.00. The molecule has 1 heterocycles. The molecule has 0 atom stereocenters. The predicted octanol–water partition coefficient (Wildman–Crippen LogP) is 5.26. The summed E-state index contributed by atoms with van der Waals surface area (Å²) in [6.45, 7) is 14.8. The fraction of sp³-hybridized carbons (Fsp3) is 0.471. The summed E-state index contributed by atoms with van der Waals surface area (Å²) in [5.74, 6) is 0.765. The van der Waals surface area contributed by atoms with Gasteiger partial charge in [0.1, 0.15) is 0 Å². The van der Waals surface area contributed by atoms with Gasteiger partial charge in [-0.15, -0.1) is 0 Å². The van der Waals surface area contributed by atoms with E-state index in [0.29, 0.717) is 0 Å². The summed E-state index contributed by atoms with van der Waals surface area (Å²) >= 11 is 0. The quantitative estimate of drug-likeness (QED) is 0.830. The summed E-state index contributed by atoms with van der Waals surface area (Å²) < 4.78 is 5.20. The Bertz CT molecular complexity index is 489. The van der Waals surface area contributed by atoms with Crippen LogP contribution in [0, 0.1) is 20.8 Å². The van der Waals surface area contributed by atoms with Crippen molar-refractivity contribution in [3.63, 3.8) is 0 Å². The zero-order valence-electron chi connectivity index (χ0n) is 13.9. The lowest BCUT2D eigenvalue weighted by Gasteiger charge is -2.06. The number of aryl methyl sites for hydroxylation is 2. The number of hydrogen-bond donors (Lipinski definition) is 1. The topological polar surface area (TPSA) is 38.1 Å². The molecule has 1 aromatic heterocycles. The van der Waals surface area contributed by atoms with Gasteiger partial charge in [-0.05, 0) is 31.9 Å². The van der Waals surface area contributed by atoms with Crippen LogP contribution >= 0.6 is 0 Å². The molecule has 0 spiro atoms. The molecule has 0 aliphatic carbocycles. The van der Waals surface area contributed by atoms with Crippen LogP contribution in [0.25, 0.3) is 0 Å². The van der Waals surface area contributed by atoms with Gasteiger partial charge in [-0.25, -0.2) is 0 Å². The predicted molar refractivity (Wildman–Crippen MR) is 87.2 cm³/mol. The fourth-order valence-corrected chi connectivity index (χ4v) is 1.56. The molecular weight excluding hydrogens is 248 g/mol. The molecule has 3 heteroatoms. The van der Waals surface area contributed by atoms with Crippen LogP contribution in [-0.2, 0) is 6.54 Å². The van der Waals surface area contributed by atoms with E-state index in [2.05, 4.69) is 29.5 Å². The molecule has 2 rings (SSSR count). The van der Waals surface area contributed by atoms with Crippen molar-refractivity contribution in [1.82, 2.24) is 5.16 Å². The second-order valence-electron chi connectivity index (χ2n) is 4.00. The van der Waals surface area contributed by atoms with E-state index in [1.54, 1.807) is 0 Å². The van der Waals surface area contributed by atoms with Gasteiger partial charge in [0, 0.05) is 12.1 Å². The molecular formula is C17H28N2O. The number of rotatable bonds is 3. The highest BCUT2D eigenvalue weighted by Crippen LogP contribution is 2.18. The van der Waals surface area contributed by atoms with Crippen LogP contribution in [0.5, 0.6) is 0 Å². The monoisotopic (exact) mass is 276 g/mol. The van der Waals surface area contributed by atoms with Crippen molar-refractivity contribution in [1.29, 1.82) is 0 Å². The zero-order valence-corrected chi connectivity index (χ0v) is 13.9. The molecule has 1 N–H and O–H groups in total. The maximum Gasteiger partial charge on any atom is 0.228 e. The lowest BCUT2D eigenvalue weighted by molar-refractivity contribution is 0.426. The minimum Gasteiger partial charge on any atom is -0.350 e. The highest BCUT2D eigenvalue weighted by molar-refractivity contribution is 5.43. The van der Waals surface area contributed by atoms with Gasteiger partial charge in [-0.1, -0.05) is 57.1 Å². The summed E-state index contributed by atoms with van der Waals surface area (Å²) in [5.41, 5.74) is 4.57. The lowest BCUT2D eigenvalue weighted by Crippen LogP contribution is -2.01. The Morgan fingerprint density at radius 3 is 2.10 bits per heavy atom. The maximum atomic E-state index is 5.20. The molecule has 0 amide bonds. The number of hydrogen-bond acceptors (Lipinski definition) is 3. The Hall–Kier alpha value is -1.77. The van der Waals surface area contributed by atoms with E-state index >= 15 is 0 Å². The average molecular weight is 276 g/mol. The third-order valence-electron chi connectivity index (χ3n) is 2.86. The Morgan fingerprint density at radius 1 is 1.00 bits per heavy atom. The van der Waals surface area contributed by atoms with Crippen molar-refractivity contribution >= 4 is 5.88 Å². The highest BCUT2D eigenvalue weighted by Gasteiger charge is 2.07. The molecule has 0 unspecified atom stereocenters. The summed E-state index contributed by atoms with van der Waals surface area (Å²) in [6, 6.07) is 8.31. The van der Waals surface area contributed by atoms with E-state index in [9.17, 15) is 0 Å². The van der Waals surface area contributed by atoms with E-state index in [-0.39, 0.29) is 0 Å². The molecule has 0 saturated heterocycles. The standard InChI is InChI=1S/C13H16N2O.2C2H6/c1-9-6-4-5-7-12(9)8-14-13-10(2)11(3)15-16-13;2*1-2/h4-7,14H,8H2,1-3H3;2*1-2H3. The molecule has 0 aliphatic heterocycles. The van der Waals surface area contributed by atoms with Crippen molar-refractivity contribution in [3.8, 4) is 0 Å².